The Labute approximate surface area is 143 Å². The molecule has 5 heteroatoms. The van der Waals surface area contributed by atoms with Gasteiger partial charge in [-0.1, -0.05) is 41.1 Å². The van der Waals surface area contributed by atoms with E-state index in [9.17, 15) is 5.21 Å². The number of piperazine rings is 1. The summed E-state index contributed by atoms with van der Waals surface area (Å²) in [5.41, 5.74) is 2.94. The molecule has 0 unspecified atom stereocenters. The van der Waals surface area contributed by atoms with Crippen LogP contribution in [0.1, 0.15) is 17.5 Å². The number of oxime groups is 1. The van der Waals surface area contributed by atoms with E-state index >= 15 is 0 Å². The Bertz CT molecular complexity index is 679. The van der Waals surface area contributed by atoms with Gasteiger partial charge >= 0.3 is 0 Å². The molecule has 1 fully saturated rings. The Balaban J connectivity index is 1.51. The van der Waals surface area contributed by atoms with Crippen molar-refractivity contribution in [2.75, 3.05) is 37.6 Å². The highest BCUT2D eigenvalue weighted by atomic mass is 16.4. The maximum Gasteiger partial charge on any atom is 0.128 e. The van der Waals surface area contributed by atoms with Crippen LogP contribution in [0.3, 0.4) is 0 Å². The van der Waals surface area contributed by atoms with Gasteiger partial charge in [0.1, 0.15) is 5.82 Å². The molecular weight excluding hydrogens is 300 g/mol. The molecule has 0 spiro atoms. The summed E-state index contributed by atoms with van der Waals surface area (Å²) >= 11 is 0. The van der Waals surface area contributed by atoms with Crippen molar-refractivity contribution in [3.63, 3.8) is 0 Å². The first-order valence-electron chi connectivity index (χ1n) is 8.42. The van der Waals surface area contributed by atoms with Gasteiger partial charge in [0.2, 0.25) is 0 Å². The van der Waals surface area contributed by atoms with Crippen LogP contribution >= 0.6 is 0 Å². The van der Waals surface area contributed by atoms with Gasteiger partial charge in [0, 0.05) is 45.3 Å². The van der Waals surface area contributed by atoms with Crippen LogP contribution in [0.5, 0.6) is 0 Å². The van der Waals surface area contributed by atoms with Crippen molar-refractivity contribution < 1.29 is 5.21 Å². The Kier molecular flexibility index (Phi) is 5.43. The maximum absolute atomic E-state index is 9.34. The summed E-state index contributed by atoms with van der Waals surface area (Å²) in [6.45, 7) is 6.92. The van der Waals surface area contributed by atoms with Gasteiger partial charge in [-0.25, -0.2) is 4.98 Å². The van der Waals surface area contributed by atoms with E-state index in [1.165, 1.54) is 5.56 Å². The van der Waals surface area contributed by atoms with Gasteiger partial charge in [-0.3, -0.25) is 4.90 Å². The Morgan fingerprint density at radius 2 is 1.96 bits per heavy atom. The molecule has 3 rings (SSSR count). The second-order valence-electron chi connectivity index (χ2n) is 6.18. The molecular formula is C19H24N4O. The molecule has 24 heavy (non-hydrogen) atoms. The predicted molar refractivity (Wildman–Crippen MR) is 97.0 cm³/mol. The number of nitrogens with zero attached hydrogens (tertiary/aromatic N) is 4. The van der Waals surface area contributed by atoms with E-state index in [4.69, 9.17) is 0 Å². The topological polar surface area (TPSA) is 52.0 Å². The zero-order valence-electron chi connectivity index (χ0n) is 14.1. The molecule has 0 atom stereocenters. The first-order valence-corrected chi connectivity index (χ1v) is 8.42. The number of hydrogen-bond donors (Lipinski definition) is 1. The Hall–Kier alpha value is -2.40. The fraction of sp³-hybridized carbons (Fsp3) is 0.368. The zero-order valence-corrected chi connectivity index (χ0v) is 14.1. The fourth-order valence-corrected chi connectivity index (χ4v) is 3.08. The van der Waals surface area contributed by atoms with Crippen LogP contribution in [0.15, 0.2) is 53.8 Å². The van der Waals surface area contributed by atoms with Crippen molar-refractivity contribution in [3.8, 4) is 0 Å². The minimum atomic E-state index is 0.754. The standard InChI is InChI=1S/C19H24N4O/c1-16-5-4-6-17(15-16)18(21-24)8-10-22-11-13-23(14-12-22)19-7-2-3-9-20-19/h2-7,9,15,24H,8,10-14H2,1H3. The smallest absolute Gasteiger partial charge is 0.128 e. The maximum atomic E-state index is 9.34. The number of benzene rings is 1. The van der Waals surface area contributed by atoms with Crippen molar-refractivity contribution in [2.24, 2.45) is 5.16 Å². The van der Waals surface area contributed by atoms with Crippen molar-refractivity contribution >= 4 is 11.5 Å². The van der Waals surface area contributed by atoms with Gasteiger partial charge in [0.25, 0.3) is 0 Å². The molecule has 1 aromatic heterocycles. The molecule has 0 saturated carbocycles. The summed E-state index contributed by atoms with van der Waals surface area (Å²) in [5, 5.41) is 12.9. The lowest BCUT2D eigenvalue weighted by atomic mass is 10.0. The normalized spacial score (nSPS) is 16.4. The SMILES string of the molecule is Cc1cccc(C(CCN2CCN(c3ccccn3)CC2)=NO)c1. The first-order chi connectivity index (χ1) is 11.8. The molecule has 126 valence electrons. The third-order valence-electron chi connectivity index (χ3n) is 4.48. The summed E-state index contributed by atoms with van der Waals surface area (Å²) in [4.78, 5) is 9.15. The van der Waals surface area contributed by atoms with Gasteiger partial charge in [-0.05, 0) is 24.6 Å². The largest absolute Gasteiger partial charge is 0.411 e. The molecule has 0 amide bonds. The lowest BCUT2D eigenvalue weighted by molar-refractivity contribution is 0.262. The van der Waals surface area contributed by atoms with Crippen molar-refractivity contribution in [1.29, 1.82) is 0 Å². The van der Waals surface area contributed by atoms with E-state index in [1.807, 2.05) is 30.5 Å². The van der Waals surface area contributed by atoms with Crippen molar-refractivity contribution in [3.05, 3.63) is 59.8 Å². The van der Waals surface area contributed by atoms with Crippen LogP contribution in [0.2, 0.25) is 0 Å². The molecule has 1 aliphatic rings. The molecule has 1 N–H and O–H groups in total. The molecule has 1 aliphatic heterocycles. The van der Waals surface area contributed by atoms with E-state index < -0.39 is 0 Å². The first kappa shape index (κ1) is 16.5. The Morgan fingerprint density at radius 1 is 1.12 bits per heavy atom. The summed E-state index contributed by atoms with van der Waals surface area (Å²) in [7, 11) is 0. The number of aryl methyl sites for hydroxylation is 1. The summed E-state index contributed by atoms with van der Waals surface area (Å²) in [5.74, 6) is 1.05. The van der Waals surface area contributed by atoms with Gasteiger partial charge in [-0.2, -0.15) is 0 Å². The van der Waals surface area contributed by atoms with E-state index in [1.54, 1.807) is 0 Å². The summed E-state index contributed by atoms with van der Waals surface area (Å²) in [6, 6.07) is 14.2. The number of rotatable bonds is 5. The lowest BCUT2D eigenvalue weighted by Gasteiger charge is -2.35. The minimum absolute atomic E-state index is 0.754. The highest BCUT2D eigenvalue weighted by molar-refractivity contribution is 6.00. The van der Waals surface area contributed by atoms with Crippen LogP contribution in [-0.2, 0) is 0 Å². The van der Waals surface area contributed by atoms with Crippen LogP contribution in [0.25, 0.3) is 0 Å². The number of anilines is 1. The molecule has 2 heterocycles. The Morgan fingerprint density at radius 3 is 2.62 bits per heavy atom. The highest BCUT2D eigenvalue weighted by Gasteiger charge is 2.18. The molecule has 1 aromatic carbocycles. The van der Waals surface area contributed by atoms with Gasteiger partial charge < -0.3 is 10.1 Å². The number of aromatic nitrogens is 1. The van der Waals surface area contributed by atoms with Crippen molar-refractivity contribution in [2.45, 2.75) is 13.3 Å². The molecule has 0 bridgehead atoms. The quantitative estimate of drug-likeness (QED) is 0.522. The fourth-order valence-electron chi connectivity index (χ4n) is 3.08. The lowest BCUT2D eigenvalue weighted by Crippen LogP contribution is -2.47. The molecule has 5 nitrogen and oxygen atoms in total. The van der Waals surface area contributed by atoms with E-state index in [2.05, 4.69) is 45.1 Å². The average molecular weight is 324 g/mol. The molecule has 1 saturated heterocycles. The predicted octanol–water partition coefficient (Wildman–Crippen LogP) is 2.78. The third-order valence-corrected chi connectivity index (χ3v) is 4.48. The molecule has 2 aromatic rings. The summed E-state index contributed by atoms with van der Waals surface area (Å²) < 4.78 is 0. The summed E-state index contributed by atoms with van der Waals surface area (Å²) in [6.07, 6.45) is 2.59. The molecule has 0 aliphatic carbocycles. The minimum Gasteiger partial charge on any atom is -0.411 e. The zero-order chi connectivity index (χ0) is 16.8. The monoisotopic (exact) mass is 324 g/mol. The average Bonchev–Trinajstić information content (AvgIpc) is 2.64. The third kappa shape index (κ3) is 4.11. The second kappa shape index (κ2) is 7.93. The number of hydrogen-bond acceptors (Lipinski definition) is 5. The van der Waals surface area contributed by atoms with Crippen LogP contribution in [-0.4, -0.2) is 53.5 Å². The highest BCUT2D eigenvalue weighted by Crippen LogP contribution is 2.14. The van der Waals surface area contributed by atoms with Crippen LogP contribution in [0.4, 0.5) is 5.82 Å². The van der Waals surface area contributed by atoms with E-state index in [-0.39, 0.29) is 0 Å². The van der Waals surface area contributed by atoms with Crippen LogP contribution in [0, 0.1) is 6.92 Å². The second-order valence-corrected chi connectivity index (χ2v) is 6.18. The van der Waals surface area contributed by atoms with Crippen LogP contribution < -0.4 is 4.90 Å². The van der Waals surface area contributed by atoms with Crippen molar-refractivity contribution in [1.82, 2.24) is 9.88 Å². The number of pyridine rings is 1. The van der Waals surface area contributed by atoms with Gasteiger partial charge in [0.15, 0.2) is 0 Å². The molecule has 0 radical (unpaired) electrons. The van der Waals surface area contributed by atoms with Gasteiger partial charge in [0.05, 0.1) is 5.71 Å². The van der Waals surface area contributed by atoms with E-state index in [0.717, 1.165) is 56.2 Å². The van der Waals surface area contributed by atoms with E-state index in [0.29, 0.717) is 0 Å². The van der Waals surface area contributed by atoms with Gasteiger partial charge in [-0.15, -0.1) is 0 Å².